The Morgan fingerprint density at radius 2 is 1.70 bits per heavy atom. The van der Waals surface area contributed by atoms with Crippen molar-refractivity contribution in [2.45, 2.75) is 66.2 Å². The van der Waals surface area contributed by atoms with Crippen molar-refractivity contribution >= 4 is 0 Å². The first-order chi connectivity index (χ1) is 9.23. The molecule has 0 aliphatic heterocycles. The van der Waals surface area contributed by atoms with Gasteiger partial charge in [-0.3, -0.25) is 0 Å². The van der Waals surface area contributed by atoms with Gasteiger partial charge in [0, 0.05) is 0 Å². The van der Waals surface area contributed by atoms with Gasteiger partial charge in [0.25, 0.3) is 0 Å². The minimum atomic E-state index is 0. The molecule has 0 saturated heterocycles. The predicted octanol–water partition coefficient (Wildman–Crippen LogP) is -0.892. The van der Waals surface area contributed by atoms with E-state index >= 15 is 0 Å². The maximum atomic E-state index is 3.05. The van der Waals surface area contributed by atoms with Crippen LogP contribution in [-0.2, 0) is 33.6 Å². The van der Waals surface area contributed by atoms with Gasteiger partial charge in [0.2, 0.25) is 0 Å². The van der Waals surface area contributed by atoms with Crippen LogP contribution in [0.15, 0.2) is 12.3 Å². The fraction of sp³-hybridized carbons (Fsp3) is 0.526. The first kappa shape index (κ1) is 25.2. The van der Waals surface area contributed by atoms with E-state index in [1.165, 1.54) is 17.5 Å². The molecule has 3 rings (SSSR count). The topological polar surface area (TPSA) is 15.8 Å². The minimum absolute atomic E-state index is 0. The van der Waals surface area contributed by atoms with Crippen LogP contribution in [0, 0.1) is 27.0 Å². The Hall–Kier alpha value is -0.0757. The molecule has 1 aromatic heterocycles. The molecule has 1 N–H and O–H groups in total. The van der Waals surface area contributed by atoms with Crippen LogP contribution in [0.3, 0.4) is 0 Å². The molecule has 0 amide bonds. The maximum Gasteiger partial charge on any atom is 4.00 e. The van der Waals surface area contributed by atoms with Gasteiger partial charge in [-0.1, -0.05) is 60.8 Å². The van der Waals surface area contributed by atoms with E-state index in [0.29, 0.717) is 0 Å². The number of rotatable bonds is 0. The Bertz CT molecular complexity index is 572. The summed E-state index contributed by atoms with van der Waals surface area (Å²) < 4.78 is 0. The standard InChI is InChI=1S/C11H15.C8H12N.2ClH.Ti/c1-6-5-10-8(3)7(2)9(4)11(6)10;1-8(2,3)7-4-5-9-6-7;;;/h6H,5H2,1-4H3;4-5,9H,1-3H3;2*1H;/q2*-1;;;+4/p-2. The first-order valence-electron chi connectivity index (χ1n) is 7.54. The van der Waals surface area contributed by atoms with Crippen molar-refractivity contribution in [3.8, 4) is 0 Å². The second-order valence-electron chi connectivity index (χ2n) is 7.14. The summed E-state index contributed by atoms with van der Waals surface area (Å²) in [5.41, 5.74) is 9.40. The van der Waals surface area contributed by atoms with Crippen LogP contribution in [0.25, 0.3) is 0 Å². The van der Waals surface area contributed by atoms with Crippen LogP contribution in [0.1, 0.15) is 67.0 Å². The van der Waals surface area contributed by atoms with E-state index in [4.69, 9.17) is 0 Å². The number of nitrogens with one attached hydrogen (secondary N) is 1. The molecule has 0 saturated carbocycles. The zero-order chi connectivity index (χ0) is 15.1. The number of hydrogen-bond donors (Lipinski definition) is 1. The average Bonchev–Trinajstić information content (AvgIpc) is 2.92. The largest absolute Gasteiger partial charge is 4.00 e. The summed E-state index contributed by atoms with van der Waals surface area (Å²) in [6.07, 6.45) is 6.27. The van der Waals surface area contributed by atoms with Gasteiger partial charge in [-0.15, -0.1) is 17.3 Å². The van der Waals surface area contributed by atoms with Crippen molar-refractivity contribution in [3.05, 3.63) is 51.8 Å². The molecule has 23 heavy (non-hydrogen) atoms. The predicted molar refractivity (Wildman–Crippen MR) is 86.7 cm³/mol. The molecule has 1 heterocycles. The molecular formula is C19H27Cl2NTi. The smallest absolute Gasteiger partial charge is 1.00 e. The van der Waals surface area contributed by atoms with Gasteiger partial charge < -0.3 is 29.8 Å². The number of fused-ring (bicyclic) bond motifs is 1. The van der Waals surface area contributed by atoms with Crippen molar-refractivity contribution in [2.75, 3.05) is 0 Å². The summed E-state index contributed by atoms with van der Waals surface area (Å²) >= 11 is 0. The Kier molecular flexibility index (Phi) is 10.3. The van der Waals surface area contributed by atoms with Gasteiger partial charge >= 0.3 is 21.7 Å². The molecule has 0 radical (unpaired) electrons. The van der Waals surface area contributed by atoms with Gasteiger partial charge in [0.05, 0.1) is 0 Å². The van der Waals surface area contributed by atoms with Crippen LogP contribution in [-0.4, -0.2) is 4.98 Å². The number of H-pyrrole nitrogens is 1. The molecule has 2 aromatic rings. The summed E-state index contributed by atoms with van der Waals surface area (Å²) in [5, 5.41) is 0. The minimum Gasteiger partial charge on any atom is -1.00 e. The summed E-state index contributed by atoms with van der Waals surface area (Å²) in [6, 6.07) is 2.06. The quantitative estimate of drug-likeness (QED) is 0.446. The number of hydrogen-bond acceptors (Lipinski definition) is 0. The fourth-order valence-electron chi connectivity index (χ4n) is 3.07. The summed E-state index contributed by atoms with van der Waals surface area (Å²) in [6.45, 7) is 15.6. The summed E-state index contributed by atoms with van der Waals surface area (Å²) in [5.74, 6) is 0.831. The van der Waals surface area contributed by atoms with E-state index < -0.39 is 0 Å². The van der Waals surface area contributed by atoms with E-state index in [-0.39, 0.29) is 51.9 Å². The normalized spacial score (nSPS) is 14.8. The Morgan fingerprint density at radius 1 is 1.13 bits per heavy atom. The maximum absolute atomic E-state index is 3.05. The Morgan fingerprint density at radius 3 is 1.96 bits per heavy atom. The van der Waals surface area contributed by atoms with Crippen molar-refractivity contribution in [1.82, 2.24) is 4.98 Å². The molecule has 1 aliphatic carbocycles. The average molecular weight is 388 g/mol. The van der Waals surface area contributed by atoms with E-state index in [9.17, 15) is 0 Å². The monoisotopic (exact) mass is 387 g/mol. The molecule has 1 atom stereocenters. The van der Waals surface area contributed by atoms with Gasteiger partial charge in [0.15, 0.2) is 0 Å². The second kappa shape index (κ2) is 9.42. The molecule has 0 fully saturated rings. The zero-order valence-corrected chi connectivity index (χ0v) is 18.3. The van der Waals surface area contributed by atoms with Crippen LogP contribution < -0.4 is 24.8 Å². The summed E-state index contributed by atoms with van der Waals surface area (Å²) in [4.78, 5) is 2.91. The molecule has 1 aromatic carbocycles. The third-order valence-corrected chi connectivity index (χ3v) is 4.66. The number of aromatic nitrogens is 1. The molecule has 1 unspecified atom stereocenters. The van der Waals surface area contributed by atoms with Crippen molar-refractivity contribution in [3.63, 3.8) is 0 Å². The fourth-order valence-corrected chi connectivity index (χ4v) is 3.07. The molecule has 0 spiro atoms. The van der Waals surface area contributed by atoms with Gasteiger partial charge in [0.1, 0.15) is 0 Å². The van der Waals surface area contributed by atoms with Crippen LogP contribution in [0.2, 0.25) is 0 Å². The van der Waals surface area contributed by atoms with Gasteiger partial charge in [-0.25, -0.2) is 0 Å². The zero-order valence-electron chi connectivity index (χ0n) is 15.2. The van der Waals surface area contributed by atoms with E-state index in [2.05, 4.69) is 65.7 Å². The molecule has 126 valence electrons. The molecular weight excluding hydrogens is 361 g/mol. The van der Waals surface area contributed by atoms with E-state index in [1.807, 2.05) is 6.20 Å². The molecule has 1 aliphatic rings. The van der Waals surface area contributed by atoms with Crippen LogP contribution in [0.4, 0.5) is 0 Å². The third kappa shape index (κ3) is 5.20. The van der Waals surface area contributed by atoms with E-state index in [1.54, 1.807) is 22.3 Å². The number of halogens is 2. The first-order valence-corrected chi connectivity index (χ1v) is 7.54. The number of aromatic amines is 1. The van der Waals surface area contributed by atoms with Crippen LogP contribution in [0.5, 0.6) is 0 Å². The van der Waals surface area contributed by atoms with Gasteiger partial charge in [-0.05, 0) is 5.41 Å². The van der Waals surface area contributed by atoms with Crippen molar-refractivity contribution < 1.29 is 46.5 Å². The van der Waals surface area contributed by atoms with Crippen molar-refractivity contribution in [2.24, 2.45) is 0 Å². The SMILES string of the molecule is CC(C)(C)c1[c-][nH]cc1.Cc1c(C)c2[c-](c1C)C(C)C2.[Cl-].[Cl-].[Ti+4]. The molecule has 0 bridgehead atoms. The third-order valence-electron chi connectivity index (χ3n) is 4.66. The molecule has 4 heteroatoms. The molecule has 1 nitrogen and oxygen atoms in total. The van der Waals surface area contributed by atoms with E-state index in [0.717, 1.165) is 5.92 Å². The Labute approximate surface area is 169 Å². The summed E-state index contributed by atoms with van der Waals surface area (Å²) in [7, 11) is 0. The van der Waals surface area contributed by atoms with Gasteiger partial charge in [-0.2, -0.15) is 34.5 Å². The van der Waals surface area contributed by atoms with Crippen molar-refractivity contribution in [1.29, 1.82) is 0 Å². The second-order valence-corrected chi connectivity index (χ2v) is 7.14. The van der Waals surface area contributed by atoms with Crippen LogP contribution >= 0.6 is 0 Å². The Balaban J connectivity index is 0.